The molecule has 0 aliphatic carbocycles. The topological polar surface area (TPSA) is 0 Å². The molecule has 28 heavy (non-hydrogen) atoms. The van der Waals surface area contributed by atoms with Crippen molar-refractivity contribution in [2.75, 3.05) is 0 Å². The molecule has 4 aromatic rings. The van der Waals surface area contributed by atoms with Gasteiger partial charge >= 0.3 is 0 Å². The Morgan fingerprint density at radius 3 is 1.18 bits per heavy atom. The molecule has 0 aliphatic heterocycles. The lowest BCUT2D eigenvalue weighted by atomic mass is 10.2. The molecule has 140 valence electrons. The number of hydrogen-bond donors (Lipinski definition) is 0. The summed E-state index contributed by atoms with van der Waals surface area (Å²) < 4.78 is 1.17. The Morgan fingerprint density at radius 2 is 0.857 bits per heavy atom. The first kappa shape index (κ1) is 21.0. The van der Waals surface area contributed by atoms with Crippen molar-refractivity contribution in [3.8, 4) is 0 Å². The molecule has 4 aromatic carbocycles. The fourth-order valence-electron chi connectivity index (χ4n) is 2.79. The van der Waals surface area contributed by atoms with Crippen LogP contribution in [0.3, 0.4) is 0 Å². The zero-order chi connectivity index (χ0) is 19.6. The summed E-state index contributed by atoms with van der Waals surface area (Å²) in [5, 5.41) is 5.11. The van der Waals surface area contributed by atoms with E-state index in [1.807, 2.05) is 18.2 Å². The zero-order valence-electron chi connectivity index (χ0n) is 15.4. The van der Waals surface area contributed by atoms with Gasteiger partial charge in [-0.15, -0.1) is 0 Å². The average molecular weight is 512 g/mol. The number of rotatable bonds is 4. The molecular weight excluding hydrogens is 491 g/mol. The first-order chi connectivity index (χ1) is 13.8. The lowest BCUT2D eigenvalue weighted by Crippen LogP contribution is -2.20. The number of halogens is 2. The maximum atomic E-state index is 3.43. The second-order valence-electron chi connectivity index (χ2n) is 6.07. The van der Waals surface area contributed by atoms with E-state index < -0.39 is 7.92 Å². The van der Waals surface area contributed by atoms with Crippen LogP contribution in [-0.2, 0) is 5.33 Å². The number of hydrogen-bond acceptors (Lipinski definition) is 0. The molecule has 0 saturated heterocycles. The highest BCUT2D eigenvalue weighted by atomic mass is 79.9. The summed E-state index contributed by atoms with van der Waals surface area (Å²) in [5.41, 5.74) is 1.29. The smallest absolute Gasteiger partial charge is 0.0294 e. The van der Waals surface area contributed by atoms with Gasteiger partial charge in [-0.05, 0) is 35.5 Å². The Kier molecular flexibility index (Phi) is 8.48. The summed E-state index contributed by atoms with van der Waals surface area (Å²) in [4.78, 5) is 0. The van der Waals surface area contributed by atoms with Crippen molar-refractivity contribution in [1.82, 2.24) is 0 Å². The van der Waals surface area contributed by atoms with Crippen molar-refractivity contribution in [2.45, 2.75) is 5.33 Å². The molecule has 0 spiro atoms. The highest BCUT2D eigenvalue weighted by Crippen LogP contribution is 2.32. The van der Waals surface area contributed by atoms with Gasteiger partial charge in [0.1, 0.15) is 0 Å². The minimum atomic E-state index is -0.446. The third kappa shape index (κ3) is 5.88. The van der Waals surface area contributed by atoms with Gasteiger partial charge in [-0.1, -0.05) is 141 Å². The van der Waals surface area contributed by atoms with Crippen LogP contribution in [0.4, 0.5) is 0 Å². The van der Waals surface area contributed by atoms with E-state index in [0.717, 1.165) is 5.33 Å². The van der Waals surface area contributed by atoms with E-state index in [4.69, 9.17) is 0 Å². The fraction of sp³-hybridized carbons (Fsp3) is 0.0400. The van der Waals surface area contributed by atoms with Gasteiger partial charge in [0.25, 0.3) is 0 Å². The molecule has 0 N–H and O–H groups in total. The lowest BCUT2D eigenvalue weighted by molar-refractivity contribution is 1.40. The summed E-state index contributed by atoms with van der Waals surface area (Å²) in [6, 6.07) is 40.5. The average Bonchev–Trinajstić information content (AvgIpc) is 2.77. The van der Waals surface area contributed by atoms with E-state index in [9.17, 15) is 0 Å². The van der Waals surface area contributed by atoms with E-state index in [0.29, 0.717) is 0 Å². The first-order valence-corrected chi connectivity index (χ1v) is 12.3. The van der Waals surface area contributed by atoms with Crippen LogP contribution in [0.25, 0.3) is 0 Å². The van der Waals surface area contributed by atoms with Crippen LogP contribution >= 0.6 is 39.8 Å². The van der Waals surface area contributed by atoms with Gasteiger partial charge in [-0.3, -0.25) is 0 Å². The highest BCUT2D eigenvalue weighted by Gasteiger charge is 2.14. The van der Waals surface area contributed by atoms with Crippen molar-refractivity contribution in [1.29, 1.82) is 0 Å². The minimum Gasteiger partial charge on any atom is -0.0876 e. The van der Waals surface area contributed by atoms with E-state index >= 15 is 0 Å². The van der Waals surface area contributed by atoms with Gasteiger partial charge in [0.15, 0.2) is 0 Å². The normalized spacial score (nSPS) is 10.2. The third-order valence-electron chi connectivity index (χ3n) is 4.14. The Morgan fingerprint density at radius 1 is 0.500 bits per heavy atom. The van der Waals surface area contributed by atoms with Crippen molar-refractivity contribution in [2.24, 2.45) is 0 Å². The van der Waals surface area contributed by atoms with Gasteiger partial charge in [-0.25, -0.2) is 0 Å². The molecule has 0 nitrogen and oxygen atoms in total. The predicted molar refractivity (Wildman–Crippen MR) is 132 cm³/mol. The summed E-state index contributed by atoms with van der Waals surface area (Å²) >= 11 is 6.80. The Labute approximate surface area is 185 Å². The standard InChI is InChI=1S/C18H15P.C7H6Br2/c1-4-10-16(11-5-1)19(17-12-6-2-7-13-17)18-14-8-3-9-15-18;8-5-6-3-1-2-4-7(6)9/h1-15H;1-4H,5H2. The summed E-state index contributed by atoms with van der Waals surface area (Å²) in [7, 11) is -0.446. The maximum Gasteiger partial charge on any atom is 0.0294 e. The zero-order valence-corrected chi connectivity index (χ0v) is 19.4. The molecule has 4 rings (SSSR count). The third-order valence-corrected chi connectivity index (χ3v) is 7.97. The molecule has 0 radical (unpaired) electrons. The fourth-order valence-corrected chi connectivity index (χ4v) is 6.38. The molecule has 0 aromatic heterocycles. The van der Waals surface area contributed by atoms with Gasteiger partial charge in [-0.2, -0.15) is 0 Å². The van der Waals surface area contributed by atoms with E-state index in [1.54, 1.807) is 0 Å². The number of alkyl halides is 1. The first-order valence-electron chi connectivity index (χ1n) is 9.04. The summed E-state index contributed by atoms with van der Waals surface area (Å²) in [6.45, 7) is 0. The molecule has 0 fully saturated rings. The van der Waals surface area contributed by atoms with Crippen LogP contribution in [-0.4, -0.2) is 0 Å². The maximum absolute atomic E-state index is 3.43. The van der Waals surface area contributed by atoms with E-state index in [-0.39, 0.29) is 0 Å². The van der Waals surface area contributed by atoms with Crippen LogP contribution in [0.15, 0.2) is 120 Å². The molecule has 0 atom stereocenters. The van der Waals surface area contributed by atoms with Gasteiger partial charge in [0.2, 0.25) is 0 Å². The van der Waals surface area contributed by atoms with Gasteiger partial charge in [0.05, 0.1) is 0 Å². The molecule has 0 amide bonds. The molecular formula is C25H21Br2P. The molecule has 0 unspecified atom stereocenters. The monoisotopic (exact) mass is 510 g/mol. The Hall–Kier alpha value is -1.73. The van der Waals surface area contributed by atoms with Crippen molar-refractivity contribution in [3.63, 3.8) is 0 Å². The van der Waals surface area contributed by atoms with Crippen LogP contribution in [0.2, 0.25) is 0 Å². The van der Waals surface area contributed by atoms with E-state index in [2.05, 4.69) is 129 Å². The molecule has 0 heterocycles. The lowest BCUT2D eigenvalue weighted by Gasteiger charge is -2.18. The summed E-state index contributed by atoms with van der Waals surface area (Å²) in [6.07, 6.45) is 0. The van der Waals surface area contributed by atoms with Crippen molar-refractivity contribution >= 4 is 55.7 Å². The van der Waals surface area contributed by atoms with Crippen molar-refractivity contribution in [3.05, 3.63) is 125 Å². The van der Waals surface area contributed by atoms with Gasteiger partial charge in [0, 0.05) is 9.80 Å². The molecule has 0 aliphatic rings. The molecule has 0 saturated carbocycles. The quantitative estimate of drug-likeness (QED) is 0.209. The van der Waals surface area contributed by atoms with Crippen LogP contribution in [0.1, 0.15) is 5.56 Å². The van der Waals surface area contributed by atoms with Crippen LogP contribution in [0.5, 0.6) is 0 Å². The number of benzene rings is 4. The van der Waals surface area contributed by atoms with Gasteiger partial charge < -0.3 is 0 Å². The Balaban J connectivity index is 0.000000211. The second kappa shape index (κ2) is 11.3. The predicted octanol–water partition coefficient (Wildman–Crippen LogP) is 6.79. The van der Waals surface area contributed by atoms with Crippen LogP contribution < -0.4 is 15.9 Å². The highest BCUT2D eigenvalue weighted by molar-refractivity contribution is 9.10. The Bertz CT molecular complexity index is 863. The largest absolute Gasteiger partial charge is 0.0876 e. The second-order valence-corrected chi connectivity index (χ2v) is 9.70. The SMILES string of the molecule is BrCc1ccccc1Br.c1ccc(P(c2ccccc2)c2ccccc2)cc1. The van der Waals surface area contributed by atoms with Crippen molar-refractivity contribution < 1.29 is 0 Å². The van der Waals surface area contributed by atoms with E-state index in [1.165, 1.54) is 25.9 Å². The minimum absolute atomic E-state index is 0.446. The molecule has 3 heteroatoms. The van der Waals surface area contributed by atoms with Crippen LogP contribution in [0, 0.1) is 0 Å². The molecule has 0 bridgehead atoms. The summed E-state index contributed by atoms with van der Waals surface area (Å²) in [5.74, 6) is 0.